The molecule has 2 saturated carbocycles. The van der Waals surface area contributed by atoms with E-state index in [0.717, 1.165) is 12.8 Å². The van der Waals surface area contributed by atoms with Gasteiger partial charge in [0.2, 0.25) is 0 Å². The van der Waals surface area contributed by atoms with E-state index in [2.05, 4.69) is 0 Å². The van der Waals surface area contributed by atoms with E-state index < -0.39 is 17.9 Å². The third kappa shape index (κ3) is 2.52. The van der Waals surface area contributed by atoms with Gasteiger partial charge in [0.15, 0.2) is 5.92 Å². The molecule has 3 atom stereocenters. The summed E-state index contributed by atoms with van der Waals surface area (Å²) in [6.07, 6.45) is 4.54. The van der Waals surface area contributed by atoms with Crippen molar-refractivity contribution in [2.24, 2.45) is 23.7 Å². The van der Waals surface area contributed by atoms with Crippen molar-refractivity contribution in [3.8, 4) is 0 Å². The first-order valence-corrected chi connectivity index (χ1v) is 7.00. The van der Waals surface area contributed by atoms with Crippen molar-refractivity contribution < 1.29 is 19.1 Å². The third-order valence-corrected chi connectivity index (χ3v) is 4.30. The Morgan fingerprint density at radius 1 is 1.06 bits per heavy atom. The van der Waals surface area contributed by atoms with Gasteiger partial charge in [0, 0.05) is 0 Å². The van der Waals surface area contributed by atoms with E-state index in [4.69, 9.17) is 9.47 Å². The summed E-state index contributed by atoms with van der Waals surface area (Å²) in [5.41, 5.74) is 0. The van der Waals surface area contributed by atoms with Crippen LogP contribution in [0.4, 0.5) is 0 Å². The summed E-state index contributed by atoms with van der Waals surface area (Å²) in [7, 11) is 0. The lowest BCUT2D eigenvalue weighted by Gasteiger charge is -2.27. The number of hydrogen-bond donors (Lipinski definition) is 0. The normalized spacial score (nSPS) is 29.6. The van der Waals surface area contributed by atoms with Crippen LogP contribution in [-0.4, -0.2) is 25.2 Å². The SMILES string of the molecule is CCOC(=O)C(C(=O)OCC)C1CC2CCC1C2. The van der Waals surface area contributed by atoms with Gasteiger partial charge in [0.05, 0.1) is 13.2 Å². The van der Waals surface area contributed by atoms with Crippen LogP contribution < -0.4 is 0 Å². The summed E-state index contributed by atoms with van der Waals surface area (Å²) in [6.45, 7) is 4.16. The van der Waals surface area contributed by atoms with Gasteiger partial charge < -0.3 is 9.47 Å². The first-order valence-electron chi connectivity index (χ1n) is 7.00. The summed E-state index contributed by atoms with van der Waals surface area (Å²) in [4.78, 5) is 24.0. The molecular weight excluding hydrogens is 232 g/mol. The fraction of sp³-hybridized carbons (Fsp3) is 0.857. The van der Waals surface area contributed by atoms with Crippen LogP contribution in [0.2, 0.25) is 0 Å². The van der Waals surface area contributed by atoms with Gasteiger partial charge in [-0.2, -0.15) is 0 Å². The van der Waals surface area contributed by atoms with Crippen LogP contribution >= 0.6 is 0 Å². The lowest BCUT2D eigenvalue weighted by molar-refractivity contribution is -0.165. The van der Waals surface area contributed by atoms with Crippen LogP contribution in [-0.2, 0) is 19.1 Å². The Labute approximate surface area is 108 Å². The molecule has 4 heteroatoms. The van der Waals surface area contributed by atoms with Crippen LogP contribution in [0.3, 0.4) is 0 Å². The average Bonchev–Trinajstić information content (AvgIpc) is 2.92. The molecule has 2 aliphatic rings. The number of rotatable bonds is 5. The molecule has 2 aliphatic carbocycles. The van der Waals surface area contributed by atoms with Crippen LogP contribution in [0.5, 0.6) is 0 Å². The Morgan fingerprint density at radius 2 is 1.67 bits per heavy atom. The Balaban J connectivity index is 2.09. The second kappa shape index (κ2) is 5.72. The van der Waals surface area contributed by atoms with Crippen molar-refractivity contribution in [2.45, 2.75) is 39.5 Å². The Hall–Kier alpha value is -1.06. The van der Waals surface area contributed by atoms with Gasteiger partial charge in [0.1, 0.15) is 0 Å². The molecule has 0 aromatic heterocycles. The number of fused-ring (bicyclic) bond motifs is 2. The first-order chi connectivity index (χ1) is 8.67. The highest BCUT2D eigenvalue weighted by Crippen LogP contribution is 2.51. The minimum Gasteiger partial charge on any atom is -0.465 e. The molecule has 3 unspecified atom stereocenters. The van der Waals surface area contributed by atoms with Gasteiger partial charge in [-0.15, -0.1) is 0 Å². The second-order valence-electron chi connectivity index (χ2n) is 5.32. The summed E-state index contributed by atoms with van der Waals surface area (Å²) >= 11 is 0. The standard InChI is InChI=1S/C14H22O4/c1-3-17-13(15)12(14(16)18-4-2)11-8-9-5-6-10(11)7-9/h9-12H,3-8H2,1-2H3. The molecule has 0 aromatic rings. The van der Waals surface area contributed by atoms with Crippen LogP contribution in [0, 0.1) is 23.7 Å². The van der Waals surface area contributed by atoms with Gasteiger partial charge in [-0.05, 0) is 50.9 Å². The highest BCUT2D eigenvalue weighted by atomic mass is 16.6. The Morgan fingerprint density at radius 3 is 2.06 bits per heavy atom. The molecule has 0 N–H and O–H groups in total. The predicted octanol–water partition coefficient (Wildman–Crippen LogP) is 2.17. The quantitative estimate of drug-likeness (QED) is 0.557. The molecule has 2 rings (SSSR count). The van der Waals surface area contributed by atoms with E-state index in [0.29, 0.717) is 25.0 Å². The van der Waals surface area contributed by atoms with Gasteiger partial charge in [-0.1, -0.05) is 6.42 Å². The van der Waals surface area contributed by atoms with E-state index in [-0.39, 0.29) is 5.92 Å². The first kappa shape index (κ1) is 13.4. The largest absolute Gasteiger partial charge is 0.465 e. The zero-order valence-electron chi connectivity index (χ0n) is 11.2. The highest BCUT2D eigenvalue weighted by molar-refractivity contribution is 5.95. The van der Waals surface area contributed by atoms with Crippen molar-refractivity contribution in [3.05, 3.63) is 0 Å². The molecule has 102 valence electrons. The van der Waals surface area contributed by atoms with Gasteiger partial charge in [-0.25, -0.2) is 0 Å². The minimum absolute atomic E-state index is 0.141. The molecule has 4 nitrogen and oxygen atoms in total. The predicted molar refractivity (Wildman–Crippen MR) is 65.7 cm³/mol. The van der Waals surface area contributed by atoms with Crippen molar-refractivity contribution in [1.82, 2.24) is 0 Å². The lowest BCUT2D eigenvalue weighted by atomic mass is 9.79. The second-order valence-corrected chi connectivity index (χ2v) is 5.32. The van der Waals surface area contributed by atoms with Crippen molar-refractivity contribution in [1.29, 1.82) is 0 Å². The topological polar surface area (TPSA) is 52.6 Å². The number of esters is 2. The maximum atomic E-state index is 12.0. The van der Waals surface area contributed by atoms with Gasteiger partial charge >= 0.3 is 11.9 Å². The van der Waals surface area contributed by atoms with E-state index >= 15 is 0 Å². The molecule has 0 radical (unpaired) electrons. The molecule has 2 fully saturated rings. The van der Waals surface area contributed by atoms with Gasteiger partial charge in [-0.3, -0.25) is 9.59 Å². The zero-order chi connectivity index (χ0) is 13.1. The Bertz CT molecular complexity index is 308. The number of hydrogen-bond acceptors (Lipinski definition) is 4. The monoisotopic (exact) mass is 254 g/mol. The van der Waals surface area contributed by atoms with Crippen molar-refractivity contribution in [2.75, 3.05) is 13.2 Å². The van der Waals surface area contributed by atoms with Gasteiger partial charge in [0.25, 0.3) is 0 Å². The molecule has 0 amide bonds. The molecule has 0 saturated heterocycles. The number of carbonyl (C=O) groups is 2. The van der Waals surface area contributed by atoms with Crippen molar-refractivity contribution in [3.63, 3.8) is 0 Å². The molecule has 0 aromatic carbocycles. The molecular formula is C14H22O4. The van der Waals surface area contributed by atoms with Crippen LogP contribution in [0.25, 0.3) is 0 Å². The van der Waals surface area contributed by atoms with Crippen LogP contribution in [0.15, 0.2) is 0 Å². The lowest BCUT2D eigenvalue weighted by Crippen LogP contribution is -2.36. The third-order valence-electron chi connectivity index (χ3n) is 4.30. The van der Waals surface area contributed by atoms with E-state index in [1.54, 1.807) is 13.8 Å². The zero-order valence-corrected chi connectivity index (χ0v) is 11.2. The summed E-state index contributed by atoms with van der Waals surface area (Å²) in [5, 5.41) is 0. The summed E-state index contributed by atoms with van der Waals surface area (Å²) in [5.74, 6) is -0.135. The molecule has 0 aliphatic heterocycles. The van der Waals surface area contributed by atoms with Crippen molar-refractivity contribution >= 4 is 11.9 Å². The van der Waals surface area contributed by atoms with E-state index in [1.807, 2.05) is 0 Å². The van der Waals surface area contributed by atoms with E-state index in [9.17, 15) is 9.59 Å². The fourth-order valence-electron chi connectivity index (χ4n) is 3.61. The molecule has 0 heterocycles. The average molecular weight is 254 g/mol. The summed E-state index contributed by atoms with van der Waals surface area (Å²) in [6, 6.07) is 0. The smallest absolute Gasteiger partial charge is 0.320 e. The minimum atomic E-state index is -0.694. The summed E-state index contributed by atoms with van der Waals surface area (Å²) < 4.78 is 10.1. The Kier molecular flexibility index (Phi) is 4.25. The van der Waals surface area contributed by atoms with E-state index in [1.165, 1.54) is 12.8 Å². The number of ether oxygens (including phenoxy) is 2. The highest BCUT2D eigenvalue weighted by Gasteiger charge is 2.49. The fourth-order valence-corrected chi connectivity index (χ4v) is 3.61. The molecule has 2 bridgehead atoms. The van der Waals surface area contributed by atoms with Crippen LogP contribution in [0.1, 0.15) is 39.5 Å². The molecule has 0 spiro atoms. The maximum absolute atomic E-state index is 12.0. The molecule has 18 heavy (non-hydrogen) atoms. The maximum Gasteiger partial charge on any atom is 0.320 e. The number of carbonyl (C=O) groups excluding carboxylic acids is 2.